The Morgan fingerprint density at radius 1 is 1.15 bits per heavy atom. The van der Waals surface area contributed by atoms with E-state index < -0.39 is 11.1 Å². The summed E-state index contributed by atoms with van der Waals surface area (Å²) in [6.45, 7) is 2.03. The normalized spacial score (nSPS) is 12.0. The SMILES string of the molecule is CC[C@H](Sc1nc2ncccc2c(=O)n1Cc1ccccc1Cl)C(=O)Nc1ccccc1F. The minimum absolute atomic E-state index is 0.100. The van der Waals surface area contributed by atoms with Crippen molar-refractivity contribution < 1.29 is 9.18 Å². The van der Waals surface area contributed by atoms with E-state index in [1.165, 1.54) is 16.7 Å². The van der Waals surface area contributed by atoms with Gasteiger partial charge in [-0.05, 0) is 42.3 Å². The molecule has 0 fully saturated rings. The van der Waals surface area contributed by atoms with Crippen LogP contribution in [0.1, 0.15) is 18.9 Å². The van der Waals surface area contributed by atoms with E-state index in [0.29, 0.717) is 27.6 Å². The molecule has 0 aliphatic rings. The Kier molecular flexibility index (Phi) is 7.05. The monoisotopic (exact) mass is 482 g/mol. The van der Waals surface area contributed by atoms with Crippen molar-refractivity contribution in [1.29, 1.82) is 0 Å². The predicted molar refractivity (Wildman–Crippen MR) is 129 cm³/mol. The van der Waals surface area contributed by atoms with E-state index in [1.807, 2.05) is 25.1 Å². The summed E-state index contributed by atoms with van der Waals surface area (Å²) in [6.07, 6.45) is 2.00. The third kappa shape index (κ3) is 5.07. The molecule has 0 aliphatic carbocycles. The second-order valence-electron chi connectivity index (χ2n) is 7.24. The number of nitrogens with one attached hydrogen (secondary N) is 1. The van der Waals surface area contributed by atoms with E-state index in [0.717, 1.165) is 17.3 Å². The summed E-state index contributed by atoms with van der Waals surface area (Å²) in [5.41, 5.74) is 0.866. The molecule has 9 heteroatoms. The van der Waals surface area contributed by atoms with Crippen LogP contribution in [0.15, 0.2) is 76.8 Å². The Bertz CT molecular complexity index is 1380. The maximum atomic E-state index is 14.0. The first-order valence-corrected chi connectivity index (χ1v) is 11.5. The van der Waals surface area contributed by atoms with Crippen LogP contribution >= 0.6 is 23.4 Å². The molecule has 1 N–H and O–H groups in total. The number of fused-ring (bicyclic) bond motifs is 1. The second kappa shape index (κ2) is 10.1. The molecule has 0 bridgehead atoms. The largest absolute Gasteiger partial charge is 0.323 e. The van der Waals surface area contributed by atoms with Gasteiger partial charge in [-0.15, -0.1) is 0 Å². The number of rotatable bonds is 7. The van der Waals surface area contributed by atoms with Crippen molar-refractivity contribution in [3.05, 3.63) is 93.6 Å². The molecule has 4 rings (SSSR count). The smallest absolute Gasteiger partial charge is 0.263 e. The number of para-hydroxylation sites is 1. The standard InChI is InChI=1S/C24H20ClFN4O2S/c1-2-20(22(31)28-19-12-6-5-11-18(19)26)33-24-29-21-16(9-7-13-27-21)23(32)30(24)14-15-8-3-4-10-17(15)25/h3-13,20H,2,14H2,1H3,(H,28,31)/t20-/m0/s1. The fraction of sp³-hybridized carbons (Fsp3) is 0.167. The third-order valence-corrected chi connectivity index (χ3v) is 6.75. The average molecular weight is 483 g/mol. The molecule has 0 unspecified atom stereocenters. The lowest BCUT2D eigenvalue weighted by atomic mass is 10.2. The van der Waals surface area contributed by atoms with Gasteiger partial charge < -0.3 is 5.32 Å². The average Bonchev–Trinajstić information content (AvgIpc) is 2.82. The van der Waals surface area contributed by atoms with E-state index in [4.69, 9.17) is 11.6 Å². The molecular weight excluding hydrogens is 463 g/mol. The number of nitrogens with zero attached hydrogens (tertiary/aromatic N) is 3. The predicted octanol–water partition coefficient (Wildman–Crippen LogP) is 5.14. The number of thioether (sulfide) groups is 1. The fourth-order valence-corrected chi connectivity index (χ4v) is 4.48. The van der Waals surface area contributed by atoms with Crippen LogP contribution in [-0.2, 0) is 11.3 Å². The maximum Gasteiger partial charge on any atom is 0.263 e. The number of pyridine rings is 1. The van der Waals surface area contributed by atoms with Crippen LogP contribution in [0.5, 0.6) is 0 Å². The lowest BCUT2D eigenvalue weighted by molar-refractivity contribution is -0.115. The number of halogens is 2. The van der Waals surface area contributed by atoms with Crippen LogP contribution in [0.3, 0.4) is 0 Å². The minimum atomic E-state index is -0.616. The summed E-state index contributed by atoms with van der Waals surface area (Å²) in [5.74, 6) is -0.901. The highest BCUT2D eigenvalue weighted by Crippen LogP contribution is 2.27. The van der Waals surface area contributed by atoms with E-state index in [9.17, 15) is 14.0 Å². The van der Waals surface area contributed by atoms with Gasteiger partial charge in [0.15, 0.2) is 10.8 Å². The van der Waals surface area contributed by atoms with Crippen molar-refractivity contribution in [3.63, 3.8) is 0 Å². The number of aromatic nitrogens is 3. The van der Waals surface area contributed by atoms with Gasteiger partial charge in [0, 0.05) is 11.2 Å². The Morgan fingerprint density at radius 2 is 1.91 bits per heavy atom. The molecule has 0 saturated carbocycles. The first-order chi connectivity index (χ1) is 16.0. The zero-order chi connectivity index (χ0) is 23.4. The number of anilines is 1. The Labute approximate surface area is 198 Å². The number of carbonyl (C=O) groups is 1. The van der Waals surface area contributed by atoms with E-state index in [2.05, 4.69) is 15.3 Å². The molecule has 168 valence electrons. The van der Waals surface area contributed by atoms with E-state index in [-0.39, 0.29) is 23.7 Å². The molecule has 2 aromatic carbocycles. The first kappa shape index (κ1) is 22.9. The van der Waals surface area contributed by atoms with Gasteiger partial charge in [-0.25, -0.2) is 14.4 Å². The quantitative estimate of drug-likeness (QED) is 0.291. The summed E-state index contributed by atoms with van der Waals surface area (Å²) in [5, 5.41) is 3.24. The summed E-state index contributed by atoms with van der Waals surface area (Å²) < 4.78 is 15.5. The molecule has 2 heterocycles. The van der Waals surface area contributed by atoms with Gasteiger partial charge >= 0.3 is 0 Å². The summed E-state index contributed by atoms with van der Waals surface area (Å²) >= 11 is 7.47. The Hall–Kier alpha value is -3.23. The van der Waals surface area contributed by atoms with Crippen molar-refractivity contribution in [2.45, 2.75) is 30.3 Å². The Morgan fingerprint density at radius 3 is 2.67 bits per heavy atom. The lowest BCUT2D eigenvalue weighted by Gasteiger charge is -2.18. The highest BCUT2D eigenvalue weighted by Gasteiger charge is 2.23. The molecule has 2 aromatic heterocycles. The minimum Gasteiger partial charge on any atom is -0.323 e. The molecule has 0 radical (unpaired) electrons. The first-order valence-electron chi connectivity index (χ1n) is 10.3. The van der Waals surface area contributed by atoms with Crippen LogP contribution in [0.25, 0.3) is 11.0 Å². The maximum absolute atomic E-state index is 14.0. The van der Waals surface area contributed by atoms with Crippen LogP contribution in [0.2, 0.25) is 5.02 Å². The van der Waals surface area contributed by atoms with Gasteiger partial charge in [-0.2, -0.15) is 0 Å². The summed E-state index contributed by atoms with van der Waals surface area (Å²) in [7, 11) is 0. The van der Waals surface area contributed by atoms with Gasteiger partial charge in [0.2, 0.25) is 5.91 Å². The Balaban J connectivity index is 1.72. The van der Waals surface area contributed by atoms with Crippen LogP contribution in [-0.4, -0.2) is 25.7 Å². The molecule has 1 amide bonds. The number of carbonyl (C=O) groups excluding carboxylic acids is 1. The highest BCUT2D eigenvalue weighted by atomic mass is 35.5. The molecule has 1 atom stereocenters. The van der Waals surface area contributed by atoms with Crippen molar-refractivity contribution >= 4 is 46.0 Å². The zero-order valence-corrected chi connectivity index (χ0v) is 19.2. The van der Waals surface area contributed by atoms with Crippen molar-refractivity contribution in [1.82, 2.24) is 14.5 Å². The molecule has 0 spiro atoms. The van der Waals surface area contributed by atoms with Gasteiger partial charge in [-0.1, -0.05) is 60.6 Å². The lowest BCUT2D eigenvalue weighted by Crippen LogP contribution is -2.29. The van der Waals surface area contributed by atoms with Gasteiger partial charge in [0.1, 0.15) is 5.82 Å². The van der Waals surface area contributed by atoms with E-state index in [1.54, 1.807) is 36.5 Å². The molecular formula is C24H20ClFN4O2S. The zero-order valence-electron chi connectivity index (χ0n) is 17.7. The molecule has 33 heavy (non-hydrogen) atoms. The molecule has 4 aromatic rings. The number of hydrogen-bond donors (Lipinski definition) is 1. The van der Waals surface area contributed by atoms with Crippen LogP contribution < -0.4 is 10.9 Å². The number of hydrogen-bond acceptors (Lipinski definition) is 5. The van der Waals surface area contributed by atoms with Gasteiger partial charge in [0.25, 0.3) is 5.56 Å². The highest BCUT2D eigenvalue weighted by molar-refractivity contribution is 8.00. The van der Waals surface area contributed by atoms with Crippen LogP contribution in [0, 0.1) is 5.82 Å². The topological polar surface area (TPSA) is 76.9 Å². The van der Waals surface area contributed by atoms with Gasteiger partial charge in [-0.3, -0.25) is 14.2 Å². The van der Waals surface area contributed by atoms with Gasteiger partial charge in [0.05, 0.1) is 22.9 Å². The molecule has 6 nitrogen and oxygen atoms in total. The van der Waals surface area contributed by atoms with Crippen LogP contribution in [0.4, 0.5) is 10.1 Å². The summed E-state index contributed by atoms with van der Waals surface area (Å²) in [4.78, 5) is 35.0. The second-order valence-corrected chi connectivity index (χ2v) is 8.81. The van der Waals surface area contributed by atoms with Crippen molar-refractivity contribution in [2.75, 3.05) is 5.32 Å². The number of amides is 1. The third-order valence-electron chi connectivity index (χ3n) is 5.02. The molecule has 0 aliphatic heterocycles. The summed E-state index contributed by atoms with van der Waals surface area (Å²) in [6, 6.07) is 16.5. The van der Waals surface area contributed by atoms with E-state index >= 15 is 0 Å². The molecule has 0 saturated heterocycles. The van der Waals surface area contributed by atoms with Crippen molar-refractivity contribution in [3.8, 4) is 0 Å². The fourth-order valence-electron chi connectivity index (χ4n) is 3.29. The van der Waals surface area contributed by atoms with Crippen molar-refractivity contribution in [2.24, 2.45) is 0 Å². The number of benzene rings is 2.